The van der Waals surface area contributed by atoms with Crippen LogP contribution >= 0.6 is 0 Å². The van der Waals surface area contributed by atoms with Crippen LogP contribution in [-0.2, 0) is 0 Å². The second-order valence-corrected chi connectivity index (χ2v) is 5.93. The van der Waals surface area contributed by atoms with Gasteiger partial charge >= 0.3 is 0 Å². The summed E-state index contributed by atoms with van der Waals surface area (Å²) < 4.78 is 0. The molecule has 0 unspecified atom stereocenters. The number of aromatic nitrogens is 6. The lowest BCUT2D eigenvalue weighted by atomic mass is 10.2. The van der Waals surface area contributed by atoms with Crippen LogP contribution in [-0.4, -0.2) is 29.9 Å². The zero-order chi connectivity index (χ0) is 18.8. The molecule has 28 heavy (non-hydrogen) atoms. The molecule has 0 saturated heterocycles. The lowest BCUT2D eigenvalue weighted by molar-refractivity contribution is 1.05. The summed E-state index contributed by atoms with van der Waals surface area (Å²) in [5.74, 6) is 1.72. The molecule has 1 aliphatic rings. The van der Waals surface area contributed by atoms with Crippen molar-refractivity contribution >= 4 is 46.5 Å². The molecule has 0 aliphatic carbocycles. The van der Waals surface area contributed by atoms with Crippen molar-refractivity contribution in [1.29, 1.82) is 0 Å². The van der Waals surface area contributed by atoms with Crippen molar-refractivity contribution in [1.82, 2.24) is 29.9 Å². The normalized spacial score (nSPS) is 12.0. The van der Waals surface area contributed by atoms with Crippen LogP contribution < -0.4 is 21.3 Å². The Hall–Kier alpha value is -4.34. The van der Waals surface area contributed by atoms with Crippen molar-refractivity contribution in [3.8, 4) is 0 Å². The summed E-state index contributed by atoms with van der Waals surface area (Å²) in [6.45, 7) is 0. The Kier molecular flexibility index (Phi) is 3.83. The van der Waals surface area contributed by atoms with Gasteiger partial charge in [-0.3, -0.25) is 0 Å². The number of hydrogen-bond donors (Lipinski definition) is 4. The SMILES string of the molecule is c1cc2cc(c1)Nc1ncnc(n1)Nc1cccc(c1)Nc1ncnc(n1)N2. The molecule has 2 aromatic heterocycles. The van der Waals surface area contributed by atoms with Gasteiger partial charge in [-0.25, -0.2) is 19.9 Å². The molecule has 0 amide bonds. The van der Waals surface area contributed by atoms with Crippen molar-refractivity contribution in [2.75, 3.05) is 21.3 Å². The number of nitrogens with zero attached hydrogens (tertiary/aromatic N) is 6. The van der Waals surface area contributed by atoms with Crippen LogP contribution in [0.5, 0.6) is 0 Å². The van der Waals surface area contributed by atoms with E-state index in [2.05, 4.69) is 51.2 Å². The van der Waals surface area contributed by atoms with Gasteiger partial charge in [-0.2, -0.15) is 9.97 Å². The van der Waals surface area contributed by atoms with E-state index in [1.165, 1.54) is 12.7 Å². The first-order valence-electron chi connectivity index (χ1n) is 8.46. The van der Waals surface area contributed by atoms with Crippen LogP contribution in [0.25, 0.3) is 0 Å². The predicted molar refractivity (Wildman–Crippen MR) is 106 cm³/mol. The fourth-order valence-electron chi connectivity index (χ4n) is 2.70. The van der Waals surface area contributed by atoms with Crippen LogP contribution in [0, 0.1) is 0 Å². The van der Waals surface area contributed by atoms with Gasteiger partial charge in [0.2, 0.25) is 23.8 Å². The second kappa shape index (κ2) is 6.76. The number of benzene rings is 2. The summed E-state index contributed by atoms with van der Waals surface area (Å²) in [7, 11) is 0. The molecule has 2 aromatic carbocycles. The molecule has 8 bridgehead atoms. The maximum absolute atomic E-state index is 4.41. The Labute approximate surface area is 159 Å². The average Bonchev–Trinajstić information content (AvgIpc) is 2.69. The van der Waals surface area contributed by atoms with Crippen molar-refractivity contribution in [3.05, 3.63) is 61.2 Å². The third kappa shape index (κ3) is 3.46. The molecule has 0 atom stereocenters. The minimum absolute atomic E-state index is 0.429. The van der Waals surface area contributed by atoms with E-state index in [-0.39, 0.29) is 0 Å². The smallest absolute Gasteiger partial charge is 0.232 e. The summed E-state index contributed by atoms with van der Waals surface area (Å²) in [4.78, 5) is 25.5. The highest BCUT2D eigenvalue weighted by molar-refractivity contribution is 5.67. The second-order valence-electron chi connectivity index (χ2n) is 5.93. The summed E-state index contributed by atoms with van der Waals surface area (Å²) in [6, 6.07) is 15.3. The number of anilines is 8. The third-order valence-corrected chi connectivity index (χ3v) is 3.89. The highest BCUT2D eigenvalue weighted by Gasteiger charge is 2.07. The van der Waals surface area contributed by atoms with E-state index in [4.69, 9.17) is 0 Å². The van der Waals surface area contributed by atoms with Gasteiger partial charge in [-0.15, -0.1) is 0 Å². The van der Waals surface area contributed by atoms with Gasteiger partial charge < -0.3 is 21.3 Å². The summed E-state index contributed by atoms with van der Waals surface area (Å²) >= 11 is 0. The quantitative estimate of drug-likeness (QED) is 0.322. The summed E-state index contributed by atoms with van der Waals surface area (Å²) in [5.41, 5.74) is 3.24. The number of rotatable bonds is 0. The first kappa shape index (κ1) is 15.9. The highest BCUT2D eigenvalue weighted by Crippen LogP contribution is 2.24. The molecule has 0 saturated carbocycles. The Morgan fingerprint density at radius 2 is 0.786 bits per heavy atom. The number of fused-ring (bicyclic) bond motifs is 8. The predicted octanol–water partition coefficient (Wildman–Crippen LogP) is 3.34. The van der Waals surface area contributed by atoms with Crippen LogP contribution in [0.3, 0.4) is 0 Å². The molecule has 0 fully saturated rings. The maximum atomic E-state index is 4.41. The minimum atomic E-state index is 0.429. The Morgan fingerprint density at radius 1 is 0.464 bits per heavy atom. The van der Waals surface area contributed by atoms with Crippen LogP contribution in [0.4, 0.5) is 46.5 Å². The van der Waals surface area contributed by atoms with Crippen molar-refractivity contribution in [3.63, 3.8) is 0 Å². The topological polar surface area (TPSA) is 125 Å². The monoisotopic (exact) mass is 370 g/mol. The molecule has 0 radical (unpaired) electrons. The molecular weight excluding hydrogens is 356 g/mol. The Morgan fingerprint density at radius 3 is 1.11 bits per heavy atom. The summed E-state index contributed by atoms with van der Waals surface area (Å²) in [6.07, 6.45) is 2.90. The molecule has 10 heteroatoms. The van der Waals surface area contributed by atoms with E-state index >= 15 is 0 Å². The largest absolute Gasteiger partial charge is 0.324 e. The van der Waals surface area contributed by atoms with E-state index in [0.717, 1.165) is 22.7 Å². The molecule has 3 heterocycles. The van der Waals surface area contributed by atoms with Gasteiger partial charge in [0.15, 0.2) is 0 Å². The zero-order valence-corrected chi connectivity index (χ0v) is 14.5. The first-order valence-corrected chi connectivity index (χ1v) is 8.46. The van der Waals surface area contributed by atoms with Crippen LogP contribution in [0.1, 0.15) is 0 Å². The van der Waals surface area contributed by atoms with Crippen LogP contribution in [0.15, 0.2) is 61.2 Å². The van der Waals surface area contributed by atoms with Gasteiger partial charge in [0.25, 0.3) is 0 Å². The fraction of sp³-hybridized carbons (Fsp3) is 0. The molecule has 1 aliphatic heterocycles. The van der Waals surface area contributed by atoms with Gasteiger partial charge in [0.1, 0.15) is 12.7 Å². The fourth-order valence-corrected chi connectivity index (χ4v) is 2.70. The molecular formula is C18H14N10. The van der Waals surface area contributed by atoms with E-state index in [0.29, 0.717) is 23.8 Å². The Balaban J connectivity index is 1.60. The van der Waals surface area contributed by atoms with Gasteiger partial charge in [-0.1, -0.05) is 12.1 Å². The molecule has 10 nitrogen and oxygen atoms in total. The van der Waals surface area contributed by atoms with E-state index < -0.39 is 0 Å². The molecule has 136 valence electrons. The van der Waals surface area contributed by atoms with Gasteiger partial charge in [-0.05, 0) is 36.4 Å². The van der Waals surface area contributed by atoms with Crippen molar-refractivity contribution < 1.29 is 0 Å². The first-order chi connectivity index (χ1) is 13.8. The van der Waals surface area contributed by atoms with Gasteiger partial charge in [0.05, 0.1) is 0 Å². The highest BCUT2D eigenvalue weighted by atomic mass is 15.2. The lowest BCUT2D eigenvalue weighted by Crippen LogP contribution is -2.05. The molecule has 0 spiro atoms. The molecule has 4 N–H and O–H groups in total. The molecule has 4 aromatic rings. The average molecular weight is 370 g/mol. The van der Waals surface area contributed by atoms with E-state index in [1.54, 1.807) is 0 Å². The zero-order valence-electron chi connectivity index (χ0n) is 14.5. The van der Waals surface area contributed by atoms with E-state index in [9.17, 15) is 0 Å². The molecule has 5 rings (SSSR count). The number of hydrogen-bond acceptors (Lipinski definition) is 10. The Bertz CT molecular complexity index is 895. The number of nitrogens with one attached hydrogen (secondary N) is 4. The summed E-state index contributed by atoms with van der Waals surface area (Å²) in [5, 5.41) is 12.7. The van der Waals surface area contributed by atoms with Crippen molar-refractivity contribution in [2.45, 2.75) is 0 Å². The van der Waals surface area contributed by atoms with Gasteiger partial charge in [0, 0.05) is 22.7 Å². The maximum Gasteiger partial charge on any atom is 0.232 e. The van der Waals surface area contributed by atoms with Crippen molar-refractivity contribution in [2.24, 2.45) is 0 Å². The van der Waals surface area contributed by atoms with E-state index in [1.807, 2.05) is 48.5 Å². The minimum Gasteiger partial charge on any atom is -0.324 e. The van der Waals surface area contributed by atoms with Crippen LogP contribution in [0.2, 0.25) is 0 Å². The lowest BCUT2D eigenvalue weighted by Gasteiger charge is -2.12. The third-order valence-electron chi connectivity index (χ3n) is 3.89. The standard InChI is InChI=1S/C18H14N10/c1-3-11-7-12(4-1)24-16-20-10-22-18(28-16)26-14-6-2-5-13(8-14)25-17-21-9-19-15(23-11)27-17/h1-10H,(H2,19,21,23,25,27)(H2,20,22,24,26,28).